The molecule has 0 radical (unpaired) electrons. The SMILES string of the molecule is CSc1nccc(N2CCN(c3ncnc4[nH]ncc34)CC2)n1. The van der Waals surface area contributed by atoms with Crippen LogP contribution in [0, 0.1) is 0 Å². The Labute approximate surface area is 137 Å². The van der Waals surface area contributed by atoms with Crippen LogP contribution in [0.5, 0.6) is 0 Å². The quantitative estimate of drug-likeness (QED) is 0.567. The summed E-state index contributed by atoms with van der Waals surface area (Å²) in [6, 6.07) is 1.97. The minimum absolute atomic E-state index is 0.776. The molecule has 1 aliphatic rings. The molecule has 1 saturated heterocycles. The summed E-state index contributed by atoms with van der Waals surface area (Å²) in [7, 11) is 0. The van der Waals surface area contributed by atoms with E-state index in [1.807, 2.05) is 18.5 Å². The number of aromatic nitrogens is 6. The van der Waals surface area contributed by atoms with Crippen molar-refractivity contribution in [2.24, 2.45) is 0 Å². The maximum absolute atomic E-state index is 4.57. The van der Waals surface area contributed by atoms with Crippen molar-refractivity contribution in [3.63, 3.8) is 0 Å². The van der Waals surface area contributed by atoms with Crippen molar-refractivity contribution in [2.45, 2.75) is 5.16 Å². The van der Waals surface area contributed by atoms with Gasteiger partial charge < -0.3 is 9.80 Å². The van der Waals surface area contributed by atoms with Gasteiger partial charge in [-0.25, -0.2) is 19.9 Å². The second-order valence-electron chi connectivity index (χ2n) is 5.21. The molecule has 0 saturated carbocycles. The van der Waals surface area contributed by atoms with Gasteiger partial charge in [0.25, 0.3) is 0 Å². The third-order valence-corrected chi connectivity index (χ3v) is 4.49. The summed E-state index contributed by atoms with van der Waals surface area (Å²) in [6.07, 6.45) is 7.17. The van der Waals surface area contributed by atoms with Crippen LogP contribution in [-0.2, 0) is 0 Å². The van der Waals surface area contributed by atoms with Gasteiger partial charge in [0.15, 0.2) is 10.8 Å². The third kappa shape index (κ3) is 2.67. The van der Waals surface area contributed by atoms with E-state index < -0.39 is 0 Å². The van der Waals surface area contributed by atoms with E-state index in [1.54, 1.807) is 24.3 Å². The van der Waals surface area contributed by atoms with Crippen LogP contribution in [-0.4, -0.2) is 62.6 Å². The Morgan fingerprint density at radius 1 is 1.09 bits per heavy atom. The molecule has 8 nitrogen and oxygen atoms in total. The highest BCUT2D eigenvalue weighted by molar-refractivity contribution is 7.98. The average molecular weight is 328 g/mol. The summed E-state index contributed by atoms with van der Waals surface area (Å²) in [5.74, 6) is 1.93. The van der Waals surface area contributed by atoms with Gasteiger partial charge in [-0.15, -0.1) is 0 Å². The summed E-state index contributed by atoms with van der Waals surface area (Å²) in [5, 5.41) is 8.72. The molecule has 0 atom stereocenters. The van der Waals surface area contributed by atoms with Crippen molar-refractivity contribution in [3.8, 4) is 0 Å². The van der Waals surface area contributed by atoms with Gasteiger partial charge in [0.05, 0.1) is 11.6 Å². The molecule has 23 heavy (non-hydrogen) atoms. The van der Waals surface area contributed by atoms with Crippen molar-refractivity contribution in [2.75, 3.05) is 42.2 Å². The Bertz CT molecular complexity index is 811. The molecule has 0 amide bonds. The standard InChI is InChI=1S/C14H16N8S/c1-23-14-15-3-2-11(19-14)21-4-6-22(7-5-21)13-10-8-18-20-12(10)16-9-17-13/h2-3,8-9H,4-7H2,1H3,(H,16,17,18,20). The van der Waals surface area contributed by atoms with Gasteiger partial charge in [-0.1, -0.05) is 11.8 Å². The van der Waals surface area contributed by atoms with Crippen molar-refractivity contribution in [1.82, 2.24) is 30.1 Å². The Hall–Kier alpha value is -2.42. The first-order chi connectivity index (χ1) is 11.3. The molecular formula is C14H16N8S. The molecule has 4 heterocycles. The molecule has 0 spiro atoms. The van der Waals surface area contributed by atoms with Crippen LogP contribution in [0.25, 0.3) is 11.0 Å². The van der Waals surface area contributed by atoms with Gasteiger partial charge in [-0.2, -0.15) is 5.10 Å². The Kier molecular flexibility index (Phi) is 3.70. The van der Waals surface area contributed by atoms with E-state index in [2.05, 4.69) is 39.9 Å². The third-order valence-electron chi connectivity index (χ3n) is 3.93. The largest absolute Gasteiger partial charge is 0.353 e. The number of H-pyrrole nitrogens is 1. The number of piperazine rings is 1. The van der Waals surface area contributed by atoms with Gasteiger partial charge in [0, 0.05) is 32.4 Å². The summed E-state index contributed by atoms with van der Waals surface area (Å²) in [6.45, 7) is 3.56. The smallest absolute Gasteiger partial charge is 0.189 e. The minimum atomic E-state index is 0.776. The van der Waals surface area contributed by atoms with Gasteiger partial charge in [0.2, 0.25) is 0 Å². The molecule has 4 rings (SSSR count). The first-order valence-electron chi connectivity index (χ1n) is 7.36. The molecule has 0 aliphatic carbocycles. The topological polar surface area (TPSA) is 86.7 Å². The minimum Gasteiger partial charge on any atom is -0.353 e. The van der Waals surface area contributed by atoms with Crippen LogP contribution in [0.3, 0.4) is 0 Å². The molecule has 118 valence electrons. The van der Waals surface area contributed by atoms with Crippen LogP contribution < -0.4 is 9.80 Å². The first kappa shape index (κ1) is 14.2. The molecule has 0 bridgehead atoms. The number of aromatic amines is 1. The zero-order valence-corrected chi connectivity index (χ0v) is 13.5. The van der Waals surface area contributed by atoms with E-state index in [4.69, 9.17) is 0 Å². The molecule has 3 aromatic rings. The van der Waals surface area contributed by atoms with Crippen LogP contribution in [0.1, 0.15) is 0 Å². The summed E-state index contributed by atoms with van der Waals surface area (Å²) >= 11 is 1.56. The maximum Gasteiger partial charge on any atom is 0.189 e. The van der Waals surface area contributed by atoms with E-state index >= 15 is 0 Å². The van der Waals surface area contributed by atoms with E-state index in [1.165, 1.54) is 0 Å². The zero-order chi connectivity index (χ0) is 15.6. The van der Waals surface area contributed by atoms with Gasteiger partial charge >= 0.3 is 0 Å². The van der Waals surface area contributed by atoms with E-state index in [9.17, 15) is 0 Å². The molecule has 1 aliphatic heterocycles. The summed E-state index contributed by atoms with van der Waals surface area (Å²) in [4.78, 5) is 22.0. The fourth-order valence-electron chi connectivity index (χ4n) is 2.76. The Morgan fingerprint density at radius 3 is 2.74 bits per heavy atom. The molecule has 1 N–H and O–H groups in total. The Balaban J connectivity index is 1.51. The zero-order valence-electron chi connectivity index (χ0n) is 12.7. The van der Waals surface area contributed by atoms with Crippen LogP contribution in [0.2, 0.25) is 0 Å². The fraction of sp³-hybridized carbons (Fsp3) is 0.357. The van der Waals surface area contributed by atoms with Gasteiger partial charge in [-0.3, -0.25) is 5.10 Å². The lowest BCUT2D eigenvalue weighted by Crippen LogP contribution is -2.47. The fourth-order valence-corrected chi connectivity index (χ4v) is 3.11. The number of nitrogens with one attached hydrogen (secondary N) is 1. The van der Waals surface area contributed by atoms with Crippen LogP contribution >= 0.6 is 11.8 Å². The maximum atomic E-state index is 4.57. The van der Waals surface area contributed by atoms with Crippen molar-refractivity contribution >= 4 is 34.4 Å². The molecule has 0 aromatic carbocycles. The summed E-state index contributed by atoms with van der Waals surface area (Å²) in [5.41, 5.74) is 0.776. The van der Waals surface area contributed by atoms with Crippen molar-refractivity contribution in [3.05, 3.63) is 24.8 Å². The predicted octanol–water partition coefficient (Wildman–Crippen LogP) is 1.19. The number of nitrogens with zero attached hydrogens (tertiary/aromatic N) is 7. The number of anilines is 2. The predicted molar refractivity (Wildman–Crippen MR) is 89.9 cm³/mol. The normalized spacial score (nSPS) is 15.3. The highest BCUT2D eigenvalue weighted by Crippen LogP contribution is 2.23. The van der Waals surface area contributed by atoms with Gasteiger partial charge in [-0.05, 0) is 12.3 Å². The van der Waals surface area contributed by atoms with Crippen molar-refractivity contribution in [1.29, 1.82) is 0 Å². The van der Waals surface area contributed by atoms with E-state index in [0.717, 1.165) is 54.0 Å². The first-order valence-corrected chi connectivity index (χ1v) is 8.58. The second-order valence-corrected chi connectivity index (χ2v) is 5.98. The number of hydrogen-bond donors (Lipinski definition) is 1. The van der Waals surface area contributed by atoms with Gasteiger partial charge in [0.1, 0.15) is 18.0 Å². The lowest BCUT2D eigenvalue weighted by molar-refractivity contribution is 0.639. The van der Waals surface area contributed by atoms with Crippen LogP contribution in [0.15, 0.2) is 29.9 Å². The molecule has 9 heteroatoms. The number of rotatable bonds is 3. The lowest BCUT2D eigenvalue weighted by atomic mass is 10.3. The summed E-state index contributed by atoms with van der Waals surface area (Å²) < 4.78 is 0. The highest BCUT2D eigenvalue weighted by atomic mass is 32.2. The monoisotopic (exact) mass is 328 g/mol. The van der Waals surface area contributed by atoms with Crippen molar-refractivity contribution < 1.29 is 0 Å². The van der Waals surface area contributed by atoms with E-state index in [-0.39, 0.29) is 0 Å². The molecule has 1 fully saturated rings. The number of thioether (sulfide) groups is 1. The number of fused-ring (bicyclic) bond motifs is 1. The average Bonchev–Trinajstić information content (AvgIpc) is 3.11. The van der Waals surface area contributed by atoms with Crippen LogP contribution in [0.4, 0.5) is 11.6 Å². The molecule has 0 unspecified atom stereocenters. The Morgan fingerprint density at radius 2 is 1.91 bits per heavy atom. The molecule has 3 aromatic heterocycles. The highest BCUT2D eigenvalue weighted by Gasteiger charge is 2.21. The molecular weight excluding hydrogens is 312 g/mol. The lowest BCUT2D eigenvalue weighted by Gasteiger charge is -2.36. The van der Waals surface area contributed by atoms with E-state index in [0.29, 0.717) is 0 Å². The number of hydrogen-bond acceptors (Lipinski definition) is 8. The second kappa shape index (κ2) is 5.99.